The summed E-state index contributed by atoms with van der Waals surface area (Å²) < 4.78 is 6.18. The van der Waals surface area contributed by atoms with Crippen LogP contribution in [0.4, 0.5) is 0 Å². The molecule has 0 spiro atoms. The molecule has 0 aliphatic rings. The first-order valence-corrected chi connectivity index (χ1v) is 5.98. The van der Waals surface area contributed by atoms with Gasteiger partial charge in [0, 0.05) is 6.54 Å². The monoisotopic (exact) mass is 253 g/mol. The number of amides is 1. The minimum atomic E-state index is -0.673. The summed E-state index contributed by atoms with van der Waals surface area (Å²) in [4.78, 5) is 23.2. The molecule has 0 saturated heterocycles. The molecule has 0 fully saturated rings. The van der Waals surface area contributed by atoms with Crippen molar-refractivity contribution < 1.29 is 14.3 Å². The number of esters is 1. The van der Waals surface area contributed by atoms with Gasteiger partial charge in [-0.15, -0.1) is 0 Å². The Morgan fingerprint density at radius 2 is 2.17 bits per heavy atom. The molecule has 0 aliphatic heterocycles. The zero-order valence-electron chi connectivity index (χ0n) is 11.2. The lowest BCUT2D eigenvalue weighted by molar-refractivity contribution is -0.142. The van der Waals surface area contributed by atoms with Gasteiger partial charge in [0.1, 0.15) is 11.7 Å². The number of carbonyl (C=O) groups is 2. The van der Waals surface area contributed by atoms with Gasteiger partial charge in [-0.2, -0.15) is 5.10 Å². The second-order valence-corrected chi connectivity index (χ2v) is 3.91. The second-order valence-electron chi connectivity index (χ2n) is 3.91. The molecule has 1 aromatic rings. The van der Waals surface area contributed by atoms with Gasteiger partial charge in [-0.1, -0.05) is 6.92 Å². The van der Waals surface area contributed by atoms with Gasteiger partial charge >= 0.3 is 5.97 Å². The van der Waals surface area contributed by atoms with E-state index in [1.165, 1.54) is 7.11 Å². The van der Waals surface area contributed by atoms with Crippen LogP contribution < -0.4 is 5.32 Å². The van der Waals surface area contributed by atoms with Crippen molar-refractivity contribution in [3.05, 3.63) is 17.5 Å². The predicted octanol–water partition coefficient (Wildman–Crippen LogP) is 0.757. The van der Waals surface area contributed by atoms with Crippen LogP contribution in [0, 0.1) is 0 Å². The second kappa shape index (κ2) is 6.18. The Labute approximate surface area is 106 Å². The molecule has 1 atom stereocenters. The van der Waals surface area contributed by atoms with Gasteiger partial charge in [-0.25, -0.2) is 4.79 Å². The lowest BCUT2D eigenvalue weighted by Gasteiger charge is -2.11. The maximum Gasteiger partial charge on any atom is 0.328 e. The van der Waals surface area contributed by atoms with E-state index < -0.39 is 12.0 Å². The van der Waals surface area contributed by atoms with Crippen molar-refractivity contribution in [1.82, 2.24) is 15.1 Å². The SMILES string of the molecule is CCc1cc(C(=O)N[C@H](C)C(=O)OC)n(CC)n1. The van der Waals surface area contributed by atoms with Crippen LogP contribution in [0.2, 0.25) is 0 Å². The summed E-state index contributed by atoms with van der Waals surface area (Å²) >= 11 is 0. The molecule has 1 aromatic heterocycles. The first kappa shape index (κ1) is 14.2. The quantitative estimate of drug-likeness (QED) is 0.786. The third-order valence-corrected chi connectivity index (χ3v) is 2.63. The number of carbonyl (C=O) groups excluding carboxylic acids is 2. The molecular formula is C12H19N3O3. The van der Waals surface area contributed by atoms with Crippen LogP contribution in [0.25, 0.3) is 0 Å². The van der Waals surface area contributed by atoms with Gasteiger partial charge in [0.15, 0.2) is 0 Å². The normalized spacial score (nSPS) is 12.0. The lowest BCUT2D eigenvalue weighted by Crippen LogP contribution is -2.40. The van der Waals surface area contributed by atoms with Crippen molar-refractivity contribution >= 4 is 11.9 Å². The summed E-state index contributed by atoms with van der Waals surface area (Å²) in [7, 11) is 1.29. The van der Waals surface area contributed by atoms with E-state index >= 15 is 0 Å². The number of methoxy groups -OCH3 is 1. The summed E-state index contributed by atoms with van der Waals surface area (Å²) in [5, 5.41) is 6.86. The highest BCUT2D eigenvalue weighted by molar-refractivity contribution is 5.95. The lowest BCUT2D eigenvalue weighted by atomic mass is 10.2. The minimum Gasteiger partial charge on any atom is -0.467 e. The predicted molar refractivity (Wildman–Crippen MR) is 66.2 cm³/mol. The largest absolute Gasteiger partial charge is 0.467 e. The summed E-state index contributed by atoms with van der Waals surface area (Å²) in [6.45, 7) is 6.07. The maximum absolute atomic E-state index is 12.0. The standard InChI is InChI=1S/C12H19N3O3/c1-5-9-7-10(15(6-2)14-9)11(16)13-8(3)12(17)18-4/h7-8H,5-6H2,1-4H3,(H,13,16)/t8-/m1/s1. The van der Waals surface area contributed by atoms with Gasteiger partial charge in [0.25, 0.3) is 5.91 Å². The number of aryl methyl sites for hydroxylation is 2. The summed E-state index contributed by atoms with van der Waals surface area (Å²) in [5.41, 5.74) is 1.32. The van der Waals surface area contributed by atoms with Crippen molar-refractivity contribution in [1.29, 1.82) is 0 Å². The van der Waals surface area contributed by atoms with Gasteiger partial charge in [0.2, 0.25) is 0 Å². The number of rotatable bonds is 5. The number of hydrogen-bond acceptors (Lipinski definition) is 4. The molecule has 18 heavy (non-hydrogen) atoms. The first-order valence-electron chi connectivity index (χ1n) is 5.98. The van der Waals surface area contributed by atoms with E-state index in [-0.39, 0.29) is 5.91 Å². The third kappa shape index (κ3) is 3.09. The molecule has 1 heterocycles. The molecule has 0 saturated carbocycles. The van der Waals surface area contributed by atoms with E-state index in [0.717, 1.165) is 12.1 Å². The zero-order valence-corrected chi connectivity index (χ0v) is 11.2. The molecule has 1 N–H and O–H groups in total. The molecule has 0 radical (unpaired) electrons. The van der Waals surface area contributed by atoms with Crippen LogP contribution in [-0.2, 0) is 22.5 Å². The van der Waals surface area contributed by atoms with E-state index in [2.05, 4.69) is 15.2 Å². The Morgan fingerprint density at radius 1 is 1.50 bits per heavy atom. The summed E-state index contributed by atoms with van der Waals surface area (Å²) in [6, 6.07) is 1.07. The van der Waals surface area contributed by atoms with Gasteiger partial charge in [0.05, 0.1) is 12.8 Å². The Kier molecular flexibility index (Phi) is 4.88. The Bertz CT molecular complexity index is 440. The van der Waals surface area contributed by atoms with Crippen molar-refractivity contribution in [3.63, 3.8) is 0 Å². The Balaban J connectivity index is 2.83. The minimum absolute atomic E-state index is 0.318. The fraction of sp³-hybridized carbons (Fsp3) is 0.583. The van der Waals surface area contributed by atoms with Gasteiger partial charge in [-0.05, 0) is 26.3 Å². The first-order chi connectivity index (χ1) is 8.53. The highest BCUT2D eigenvalue weighted by atomic mass is 16.5. The van der Waals surface area contributed by atoms with Crippen LogP contribution in [0.15, 0.2) is 6.07 Å². The Hall–Kier alpha value is -1.85. The van der Waals surface area contributed by atoms with Gasteiger partial charge in [-0.3, -0.25) is 9.48 Å². The van der Waals surface area contributed by atoms with Crippen LogP contribution in [0.1, 0.15) is 37.0 Å². The molecule has 6 heteroatoms. The molecule has 6 nitrogen and oxygen atoms in total. The highest BCUT2D eigenvalue weighted by Crippen LogP contribution is 2.06. The number of ether oxygens (including phenoxy) is 1. The van der Waals surface area contributed by atoms with Crippen LogP contribution >= 0.6 is 0 Å². The molecule has 0 unspecified atom stereocenters. The van der Waals surface area contributed by atoms with Crippen molar-refractivity contribution in [2.45, 2.75) is 39.8 Å². The zero-order chi connectivity index (χ0) is 13.7. The van der Waals surface area contributed by atoms with Crippen molar-refractivity contribution in [3.8, 4) is 0 Å². The fourth-order valence-electron chi connectivity index (χ4n) is 1.57. The molecule has 0 aliphatic carbocycles. The fourth-order valence-corrected chi connectivity index (χ4v) is 1.57. The number of aromatic nitrogens is 2. The molecule has 0 aromatic carbocycles. The number of nitrogens with one attached hydrogen (secondary N) is 1. The summed E-state index contributed by atoms with van der Waals surface area (Å²) in [5.74, 6) is -0.788. The number of nitrogens with zero attached hydrogens (tertiary/aromatic N) is 2. The van der Waals surface area contributed by atoms with Crippen molar-refractivity contribution in [2.75, 3.05) is 7.11 Å². The third-order valence-electron chi connectivity index (χ3n) is 2.63. The van der Waals surface area contributed by atoms with Gasteiger partial charge < -0.3 is 10.1 Å². The van der Waals surface area contributed by atoms with E-state index in [1.54, 1.807) is 17.7 Å². The molecule has 1 rings (SSSR count). The molecular weight excluding hydrogens is 234 g/mol. The van der Waals surface area contributed by atoms with E-state index in [9.17, 15) is 9.59 Å². The van der Waals surface area contributed by atoms with E-state index in [4.69, 9.17) is 0 Å². The molecule has 1 amide bonds. The average Bonchev–Trinajstić information content (AvgIpc) is 2.80. The van der Waals surface area contributed by atoms with Crippen molar-refractivity contribution in [2.24, 2.45) is 0 Å². The van der Waals surface area contributed by atoms with E-state index in [1.807, 2.05) is 13.8 Å². The number of hydrogen-bond donors (Lipinski definition) is 1. The molecule has 100 valence electrons. The smallest absolute Gasteiger partial charge is 0.328 e. The van der Waals surface area contributed by atoms with Crippen LogP contribution in [0.3, 0.4) is 0 Å². The average molecular weight is 253 g/mol. The maximum atomic E-state index is 12.0. The van der Waals surface area contributed by atoms with Crippen LogP contribution in [-0.4, -0.2) is 34.8 Å². The van der Waals surface area contributed by atoms with Crippen LogP contribution in [0.5, 0.6) is 0 Å². The summed E-state index contributed by atoms with van der Waals surface area (Å²) in [6.07, 6.45) is 0.764. The highest BCUT2D eigenvalue weighted by Gasteiger charge is 2.20. The topological polar surface area (TPSA) is 73.2 Å². The Morgan fingerprint density at radius 3 is 2.67 bits per heavy atom. The molecule has 0 bridgehead atoms. The van der Waals surface area contributed by atoms with E-state index in [0.29, 0.717) is 12.2 Å².